The van der Waals surface area contributed by atoms with E-state index in [1.807, 2.05) is 0 Å². The molecule has 98 valence electrons. The van der Waals surface area contributed by atoms with Crippen LogP contribution in [-0.4, -0.2) is 23.7 Å². The van der Waals surface area contributed by atoms with E-state index >= 15 is 0 Å². The van der Waals surface area contributed by atoms with E-state index in [2.05, 4.69) is 39.6 Å². The Labute approximate surface area is 104 Å². The van der Waals surface area contributed by atoms with Gasteiger partial charge in [-0.15, -0.1) is 0 Å². The zero-order valence-electron chi connectivity index (χ0n) is 11.5. The molecule has 0 bridgehead atoms. The fourth-order valence-electron chi connectivity index (χ4n) is 3.33. The van der Waals surface area contributed by atoms with Crippen LogP contribution in [0.25, 0.3) is 0 Å². The van der Waals surface area contributed by atoms with Gasteiger partial charge in [0.2, 0.25) is 0 Å². The van der Waals surface area contributed by atoms with E-state index in [4.69, 9.17) is 5.11 Å². The van der Waals surface area contributed by atoms with Gasteiger partial charge in [-0.05, 0) is 30.1 Å². The molecule has 0 saturated heterocycles. The first-order valence-corrected chi connectivity index (χ1v) is 6.26. The standard InChI is InChI=1S/C14H25NO2/c1-10(12(16)17)8-15-11-6-13(2,3)9-14(4,5)7-11/h11,15H,1,6-9H2,2-5H3,(H,16,17). The second-order valence-electron chi connectivity index (χ2n) is 6.90. The number of nitrogens with one attached hydrogen (secondary N) is 1. The SMILES string of the molecule is C=C(CNC1CC(C)(C)CC(C)(C)C1)C(=O)O. The van der Waals surface area contributed by atoms with Crippen LogP contribution < -0.4 is 5.32 Å². The van der Waals surface area contributed by atoms with Crippen LogP contribution in [0.5, 0.6) is 0 Å². The lowest BCUT2D eigenvalue weighted by Crippen LogP contribution is -2.44. The van der Waals surface area contributed by atoms with Gasteiger partial charge < -0.3 is 10.4 Å². The summed E-state index contributed by atoms with van der Waals surface area (Å²) in [6, 6.07) is 0.393. The monoisotopic (exact) mass is 239 g/mol. The summed E-state index contributed by atoms with van der Waals surface area (Å²) in [6.07, 6.45) is 3.42. The van der Waals surface area contributed by atoms with Crippen molar-refractivity contribution >= 4 is 5.97 Å². The van der Waals surface area contributed by atoms with Gasteiger partial charge in [0.15, 0.2) is 0 Å². The highest BCUT2D eigenvalue weighted by atomic mass is 16.4. The van der Waals surface area contributed by atoms with Crippen molar-refractivity contribution in [3.8, 4) is 0 Å². The summed E-state index contributed by atoms with van der Waals surface area (Å²) in [5.74, 6) is -0.910. The quantitative estimate of drug-likeness (QED) is 0.742. The fourth-order valence-corrected chi connectivity index (χ4v) is 3.33. The maximum atomic E-state index is 10.7. The van der Waals surface area contributed by atoms with E-state index in [1.165, 1.54) is 6.42 Å². The van der Waals surface area contributed by atoms with E-state index in [1.54, 1.807) is 0 Å². The molecule has 0 spiro atoms. The van der Waals surface area contributed by atoms with Crippen LogP contribution in [0.3, 0.4) is 0 Å². The number of hydrogen-bond donors (Lipinski definition) is 2. The molecule has 0 aromatic carbocycles. The van der Waals surface area contributed by atoms with Gasteiger partial charge in [0.25, 0.3) is 0 Å². The molecule has 2 N–H and O–H groups in total. The van der Waals surface area contributed by atoms with Crippen molar-refractivity contribution in [2.45, 2.75) is 53.0 Å². The highest BCUT2D eigenvalue weighted by Gasteiger charge is 2.38. The minimum absolute atomic E-state index is 0.242. The Hall–Kier alpha value is -0.830. The number of carbonyl (C=O) groups is 1. The Balaban J connectivity index is 2.54. The summed E-state index contributed by atoms with van der Waals surface area (Å²) >= 11 is 0. The summed E-state index contributed by atoms with van der Waals surface area (Å²) in [6.45, 7) is 13.1. The lowest BCUT2D eigenvalue weighted by Gasteiger charge is -2.45. The van der Waals surface area contributed by atoms with Gasteiger partial charge in [-0.1, -0.05) is 34.3 Å². The number of carboxylic acids is 1. The maximum Gasteiger partial charge on any atom is 0.332 e. The normalized spacial score (nSPS) is 23.3. The summed E-state index contributed by atoms with van der Waals surface area (Å²) < 4.78 is 0. The van der Waals surface area contributed by atoms with Crippen LogP contribution in [0.4, 0.5) is 0 Å². The molecule has 17 heavy (non-hydrogen) atoms. The van der Waals surface area contributed by atoms with Crippen molar-refractivity contribution < 1.29 is 9.90 Å². The van der Waals surface area contributed by atoms with E-state index in [0.29, 0.717) is 23.4 Å². The van der Waals surface area contributed by atoms with Gasteiger partial charge >= 0.3 is 5.97 Å². The topological polar surface area (TPSA) is 49.3 Å². The highest BCUT2D eigenvalue weighted by Crippen LogP contribution is 2.45. The van der Waals surface area contributed by atoms with Crippen LogP contribution in [0.1, 0.15) is 47.0 Å². The van der Waals surface area contributed by atoms with Gasteiger partial charge in [-0.25, -0.2) is 4.79 Å². The van der Waals surface area contributed by atoms with Crippen LogP contribution >= 0.6 is 0 Å². The molecule has 0 atom stereocenters. The summed E-state index contributed by atoms with van der Waals surface area (Å²) in [7, 11) is 0. The third kappa shape index (κ3) is 4.50. The number of hydrogen-bond acceptors (Lipinski definition) is 2. The van der Waals surface area contributed by atoms with E-state index in [9.17, 15) is 4.79 Å². The largest absolute Gasteiger partial charge is 0.478 e. The Morgan fingerprint density at radius 2 is 1.76 bits per heavy atom. The molecule has 1 rings (SSSR count). The van der Waals surface area contributed by atoms with Crippen molar-refractivity contribution in [1.29, 1.82) is 0 Å². The first-order chi connectivity index (χ1) is 7.61. The first kappa shape index (κ1) is 14.2. The fraction of sp³-hybridized carbons (Fsp3) is 0.786. The maximum absolute atomic E-state index is 10.7. The van der Waals surface area contributed by atoms with Crippen LogP contribution in [0.15, 0.2) is 12.2 Å². The summed E-state index contributed by atoms with van der Waals surface area (Å²) in [5.41, 5.74) is 0.889. The minimum Gasteiger partial charge on any atom is -0.478 e. The number of carboxylic acid groups (broad SMARTS) is 1. The third-order valence-electron chi connectivity index (χ3n) is 3.46. The number of rotatable bonds is 4. The zero-order chi connectivity index (χ0) is 13.3. The van der Waals surface area contributed by atoms with E-state index in [-0.39, 0.29) is 5.57 Å². The van der Waals surface area contributed by atoms with Gasteiger partial charge in [0, 0.05) is 18.2 Å². The van der Waals surface area contributed by atoms with Crippen LogP contribution in [0.2, 0.25) is 0 Å². The van der Waals surface area contributed by atoms with Gasteiger partial charge in [-0.3, -0.25) is 0 Å². The Morgan fingerprint density at radius 1 is 1.29 bits per heavy atom. The molecule has 0 amide bonds. The first-order valence-electron chi connectivity index (χ1n) is 6.26. The molecule has 1 aliphatic rings. The predicted molar refractivity (Wildman–Crippen MR) is 70.0 cm³/mol. The van der Waals surface area contributed by atoms with Gasteiger partial charge in [0.1, 0.15) is 0 Å². The molecule has 3 heteroatoms. The van der Waals surface area contributed by atoms with Crippen molar-refractivity contribution in [2.24, 2.45) is 10.8 Å². The van der Waals surface area contributed by atoms with Crippen molar-refractivity contribution in [1.82, 2.24) is 5.32 Å². The van der Waals surface area contributed by atoms with Crippen LogP contribution in [0, 0.1) is 10.8 Å². The zero-order valence-corrected chi connectivity index (χ0v) is 11.5. The second kappa shape index (κ2) is 4.81. The van der Waals surface area contributed by atoms with Crippen molar-refractivity contribution in [3.05, 3.63) is 12.2 Å². The average Bonchev–Trinajstić information content (AvgIpc) is 2.08. The molecular formula is C14H25NO2. The Morgan fingerprint density at radius 3 is 2.18 bits per heavy atom. The number of aliphatic carboxylic acids is 1. The molecule has 3 nitrogen and oxygen atoms in total. The minimum atomic E-state index is -0.910. The highest BCUT2D eigenvalue weighted by molar-refractivity contribution is 5.86. The van der Waals surface area contributed by atoms with Crippen LogP contribution in [-0.2, 0) is 4.79 Å². The lowest BCUT2D eigenvalue weighted by atomic mass is 9.63. The molecular weight excluding hydrogens is 214 g/mol. The molecule has 1 saturated carbocycles. The second-order valence-corrected chi connectivity index (χ2v) is 6.90. The third-order valence-corrected chi connectivity index (χ3v) is 3.46. The molecule has 0 aromatic heterocycles. The smallest absolute Gasteiger partial charge is 0.332 e. The van der Waals surface area contributed by atoms with E-state index < -0.39 is 5.97 Å². The molecule has 1 aliphatic carbocycles. The summed E-state index contributed by atoms with van der Waals surface area (Å²) in [5, 5.41) is 12.1. The van der Waals surface area contributed by atoms with Crippen molar-refractivity contribution in [3.63, 3.8) is 0 Å². The molecule has 0 aliphatic heterocycles. The summed E-state index contributed by atoms with van der Waals surface area (Å²) in [4.78, 5) is 10.7. The Kier molecular flexibility index (Phi) is 4.03. The average molecular weight is 239 g/mol. The van der Waals surface area contributed by atoms with Crippen molar-refractivity contribution in [2.75, 3.05) is 6.54 Å². The Bertz CT molecular complexity index is 302. The predicted octanol–water partition coefficient (Wildman–Crippen LogP) is 2.82. The lowest BCUT2D eigenvalue weighted by molar-refractivity contribution is -0.132. The molecule has 1 fully saturated rings. The molecule has 0 heterocycles. The molecule has 0 unspecified atom stereocenters. The van der Waals surface area contributed by atoms with E-state index in [0.717, 1.165) is 12.8 Å². The molecule has 0 radical (unpaired) electrons. The van der Waals surface area contributed by atoms with Gasteiger partial charge in [0.05, 0.1) is 0 Å². The van der Waals surface area contributed by atoms with Gasteiger partial charge in [-0.2, -0.15) is 0 Å². The molecule has 0 aromatic rings.